The number of rotatable bonds is 8. The van der Waals surface area contributed by atoms with Crippen LogP contribution in [0.5, 0.6) is 5.75 Å². The quantitative estimate of drug-likeness (QED) is 0.339. The number of hydrogen-bond acceptors (Lipinski definition) is 4. The van der Waals surface area contributed by atoms with Crippen LogP contribution in [0.1, 0.15) is 46.8 Å². The molecule has 3 aromatic carbocycles. The Morgan fingerprint density at radius 1 is 1.03 bits per heavy atom. The molecule has 2 amide bonds. The minimum atomic E-state index is -0.386. The van der Waals surface area contributed by atoms with E-state index >= 15 is 0 Å². The van der Waals surface area contributed by atoms with Crippen LogP contribution in [-0.2, 0) is 4.79 Å². The highest BCUT2D eigenvalue weighted by Gasteiger charge is 2.10. The fourth-order valence-corrected chi connectivity index (χ4v) is 3.14. The van der Waals surface area contributed by atoms with Crippen LogP contribution < -0.4 is 15.5 Å². The molecule has 0 heterocycles. The number of ether oxygens (including phenoxy) is 1. The van der Waals surface area contributed by atoms with Crippen molar-refractivity contribution in [1.29, 1.82) is 0 Å². The number of benzene rings is 3. The summed E-state index contributed by atoms with van der Waals surface area (Å²) in [7, 11) is 0. The fraction of sp³-hybridized carbons (Fsp3) is 0.192. The summed E-state index contributed by atoms with van der Waals surface area (Å²) in [6.07, 6.45) is 1.58. The van der Waals surface area contributed by atoms with Gasteiger partial charge in [-0.2, -0.15) is 5.10 Å². The molecule has 2 N–H and O–H groups in total. The van der Waals surface area contributed by atoms with Gasteiger partial charge in [0, 0.05) is 16.3 Å². The maximum Gasteiger partial charge on any atom is 0.277 e. The van der Waals surface area contributed by atoms with Gasteiger partial charge in [-0.1, -0.05) is 55.8 Å². The van der Waals surface area contributed by atoms with Gasteiger partial charge in [0.15, 0.2) is 6.61 Å². The molecule has 0 bridgehead atoms. The predicted octanol–water partition coefficient (Wildman–Crippen LogP) is 5.55. The molecule has 0 aromatic heterocycles. The van der Waals surface area contributed by atoms with E-state index in [9.17, 15) is 9.59 Å². The lowest BCUT2D eigenvalue weighted by atomic mass is 10.0. The Labute approximate surface area is 198 Å². The smallest absolute Gasteiger partial charge is 0.277 e. The van der Waals surface area contributed by atoms with Gasteiger partial charge in [-0.25, -0.2) is 5.43 Å². The molecule has 7 heteroatoms. The van der Waals surface area contributed by atoms with Crippen molar-refractivity contribution in [3.05, 3.63) is 94.0 Å². The molecule has 0 aliphatic carbocycles. The van der Waals surface area contributed by atoms with Gasteiger partial charge < -0.3 is 10.1 Å². The average molecular weight is 464 g/mol. The molecule has 0 radical (unpaired) electrons. The number of carbonyl (C=O) groups excluding carboxylic acids is 2. The summed E-state index contributed by atoms with van der Waals surface area (Å²) in [5, 5.41) is 7.38. The normalized spacial score (nSPS) is 10.9. The van der Waals surface area contributed by atoms with Gasteiger partial charge >= 0.3 is 0 Å². The SMILES string of the molecule is Cc1c(Cl)cccc1NC(=O)c1ccc(OCC(=O)N/N=C\c2ccc(C(C)C)cc2)cc1. The minimum absolute atomic E-state index is 0.198. The lowest BCUT2D eigenvalue weighted by molar-refractivity contribution is -0.123. The number of hydrogen-bond donors (Lipinski definition) is 2. The molecule has 170 valence electrons. The standard InChI is InChI=1S/C26H26ClN3O3/c1-17(2)20-9-7-19(8-10-20)15-28-30-25(31)16-33-22-13-11-21(12-14-22)26(32)29-24-6-4-5-23(27)18(24)3/h4-15,17H,16H2,1-3H3,(H,29,32)(H,30,31)/b28-15-. The summed E-state index contributed by atoms with van der Waals surface area (Å²) in [4.78, 5) is 24.4. The number of nitrogens with zero attached hydrogens (tertiary/aromatic N) is 1. The van der Waals surface area contributed by atoms with Gasteiger partial charge in [0.2, 0.25) is 0 Å². The van der Waals surface area contributed by atoms with Gasteiger partial charge in [0.25, 0.3) is 11.8 Å². The van der Waals surface area contributed by atoms with Crippen molar-refractivity contribution in [1.82, 2.24) is 5.43 Å². The van der Waals surface area contributed by atoms with E-state index in [0.29, 0.717) is 27.9 Å². The van der Waals surface area contributed by atoms with Gasteiger partial charge in [-0.3, -0.25) is 9.59 Å². The zero-order valence-corrected chi connectivity index (χ0v) is 19.5. The summed E-state index contributed by atoms with van der Waals surface area (Å²) >= 11 is 6.09. The number of halogens is 1. The molecule has 0 unspecified atom stereocenters. The number of anilines is 1. The second kappa shape index (κ2) is 11.3. The molecule has 6 nitrogen and oxygen atoms in total. The van der Waals surface area contributed by atoms with Crippen molar-refractivity contribution in [3.63, 3.8) is 0 Å². The Kier molecular flexibility index (Phi) is 8.22. The monoisotopic (exact) mass is 463 g/mol. The first-order valence-corrected chi connectivity index (χ1v) is 10.9. The molecule has 0 spiro atoms. The van der Waals surface area contributed by atoms with E-state index in [2.05, 4.69) is 29.7 Å². The summed E-state index contributed by atoms with van der Waals surface area (Å²) in [6.45, 7) is 5.91. The van der Waals surface area contributed by atoms with Crippen LogP contribution in [0.15, 0.2) is 71.8 Å². The Morgan fingerprint density at radius 2 is 1.73 bits per heavy atom. The van der Waals surface area contributed by atoms with Gasteiger partial charge in [0.1, 0.15) is 5.75 Å². The zero-order valence-electron chi connectivity index (χ0n) is 18.8. The Bertz CT molecular complexity index is 1140. The largest absolute Gasteiger partial charge is 0.484 e. The van der Waals surface area contributed by atoms with Crippen molar-refractivity contribution < 1.29 is 14.3 Å². The van der Waals surface area contributed by atoms with Crippen LogP contribution in [0.3, 0.4) is 0 Å². The van der Waals surface area contributed by atoms with E-state index < -0.39 is 0 Å². The minimum Gasteiger partial charge on any atom is -0.484 e. The molecular formula is C26H26ClN3O3. The van der Waals surface area contributed by atoms with Crippen LogP contribution in [0.25, 0.3) is 0 Å². The predicted molar refractivity (Wildman–Crippen MR) is 132 cm³/mol. The van der Waals surface area contributed by atoms with E-state index in [0.717, 1.165) is 11.1 Å². The molecule has 0 aliphatic heterocycles. The highest BCUT2D eigenvalue weighted by Crippen LogP contribution is 2.23. The molecule has 0 fully saturated rings. The Morgan fingerprint density at radius 3 is 2.39 bits per heavy atom. The van der Waals surface area contributed by atoms with E-state index in [-0.39, 0.29) is 18.4 Å². The summed E-state index contributed by atoms with van der Waals surface area (Å²) in [6, 6.07) is 19.8. The first-order valence-electron chi connectivity index (χ1n) is 10.5. The zero-order chi connectivity index (χ0) is 23.8. The molecule has 0 saturated heterocycles. The second-order valence-corrected chi connectivity index (χ2v) is 8.20. The third-order valence-electron chi connectivity index (χ3n) is 5.01. The van der Waals surface area contributed by atoms with Crippen molar-refractivity contribution in [2.45, 2.75) is 26.7 Å². The second-order valence-electron chi connectivity index (χ2n) is 7.79. The third-order valence-corrected chi connectivity index (χ3v) is 5.42. The molecule has 33 heavy (non-hydrogen) atoms. The van der Waals surface area contributed by atoms with Crippen molar-refractivity contribution in [2.24, 2.45) is 5.10 Å². The van der Waals surface area contributed by atoms with E-state index in [4.69, 9.17) is 16.3 Å². The first-order chi connectivity index (χ1) is 15.8. The van der Waals surface area contributed by atoms with Crippen LogP contribution in [0.4, 0.5) is 5.69 Å². The summed E-state index contributed by atoms with van der Waals surface area (Å²) in [5.74, 6) is 0.279. The average Bonchev–Trinajstić information content (AvgIpc) is 2.81. The molecule has 0 atom stereocenters. The van der Waals surface area contributed by atoms with Crippen molar-refractivity contribution in [3.8, 4) is 5.75 Å². The molecule has 3 aromatic rings. The number of hydrazone groups is 1. The van der Waals surface area contributed by atoms with E-state index in [1.165, 1.54) is 5.56 Å². The topological polar surface area (TPSA) is 79.8 Å². The fourth-order valence-electron chi connectivity index (χ4n) is 2.97. The summed E-state index contributed by atoms with van der Waals surface area (Å²) < 4.78 is 5.47. The third kappa shape index (κ3) is 6.92. The van der Waals surface area contributed by atoms with Crippen LogP contribution in [0.2, 0.25) is 5.02 Å². The summed E-state index contributed by atoms with van der Waals surface area (Å²) in [5.41, 5.74) is 6.48. The highest BCUT2D eigenvalue weighted by molar-refractivity contribution is 6.31. The van der Waals surface area contributed by atoms with E-state index in [1.807, 2.05) is 31.2 Å². The Balaban J connectivity index is 1.47. The van der Waals surface area contributed by atoms with Crippen LogP contribution in [-0.4, -0.2) is 24.6 Å². The van der Waals surface area contributed by atoms with Gasteiger partial charge in [0.05, 0.1) is 6.21 Å². The highest BCUT2D eigenvalue weighted by atomic mass is 35.5. The van der Waals surface area contributed by atoms with Gasteiger partial charge in [-0.05, 0) is 65.9 Å². The van der Waals surface area contributed by atoms with Gasteiger partial charge in [-0.15, -0.1) is 0 Å². The molecule has 0 saturated carbocycles. The van der Waals surface area contributed by atoms with E-state index in [1.54, 1.807) is 48.7 Å². The van der Waals surface area contributed by atoms with Crippen molar-refractivity contribution >= 4 is 35.3 Å². The van der Waals surface area contributed by atoms with Crippen LogP contribution in [0, 0.1) is 6.92 Å². The first kappa shape index (κ1) is 24.0. The maximum atomic E-state index is 12.5. The molecule has 0 aliphatic rings. The maximum absolute atomic E-state index is 12.5. The molecular weight excluding hydrogens is 438 g/mol. The number of amides is 2. The van der Waals surface area contributed by atoms with Crippen molar-refractivity contribution in [2.75, 3.05) is 11.9 Å². The Hall–Kier alpha value is -3.64. The number of nitrogens with one attached hydrogen (secondary N) is 2. The lowest BCUT2D eigenvalue weighted by Gasteiger charge is -2.10. The van der Waals surface area contributed by atoms with Crippen LogP contribution >= 0.6 is 11.6 Å². The lowest BCUT2D eigenvalue weighted by Crippen LogP contribution is -2.24. The number of carbonyl (C=O) groups is 2. The molecule has 3 rings (SSSR count).